The van der Waals surface area contributed by atoms with Crippen molar-refractivity contribution in [2.75, 3.05) is 0 Å². The Morgan fingerprint density at radius 1 is 0.915 bits per heavy atom. The van der Waals surface area contributed by atoms with Crippen LogP contribution in [-0.4, -0.2) is 82.5 Å². The van der Waals surface area contributed by atoms with Crippen LogP contribution in [0.2, 0.25) is 0 Å². The van der Waals surface area contributed by atoms with Gasteiger partial charge in [-0.3, -0.25) is 19.2 Å². The number of carbonyl (C=O) groups excluding carboxylic acids is 5. The number of aliphatic hydroxyl groups is 1. The molecule has 2 aliphatic heterocycles. The number of aldehydes is 1. The average molecular weight is 661 g/mol. The second kappa shape index (κ2) is 10.6. The molecule has 0 amide bonds. The van der Waals surface area contributed by atoms with Crippen LogP contribution in [0, 0.1) is 57.7 Å². The van der Waals surface area contributed by atoms with E-state index in [9.17, 15) is 39.0 Å². The highest BCUT2D eigenvalue weighted by molar-refractivity contribution is 5.85. The lowest BCUT2D eigenvalue weighted by atomic mass is 9.46. The summed E-state index contributed by atoms with van der Waals surface area (Å²) in [6.07, 6.45) is -1.38. The van der Waals surface area contributed by atoms with Crippen molar-refractivity contribution >= 4 is 36.1 Å². The minimum Gasteiger partial charge on any atom is -0.481 e. The summed E-state index contributed by atoms with van der Waals surface area (Å²) in [6, 6.07) is 0. The Kier molecular flexibility index (Phi) is 7.56. The van der Waals surface area contributed by atoms with Crippen molar-refractivity contribution in [3.05, 3.63) is 11.8 Å². The SMILES string of the molecule is CC(=O)O[C@@H]1C2C(C=O)C([C@]3(C)C(C(=O)O)C[C@@H]4O[C@@H]4[C@@H]3OC(C)=O)C[C@H](OC(C)=O)[C@]2(C)C2C1[C@]1(C)C(=C[C@H]2C)OC(=O)[C@@]1(C)O. The number of carbonyl (C=O) groups is 6. The number of esters is 4. The summed E-state index contributed by atoms with van der Waals surface area (Å²) >= 11 is 0. The molecule has 2 N–H and O–H groups in total. The van der Waals surface area contributed by atoms with Crippen LogP contribution in [0.5, 0.6) is 0 Å². The number of ether oxygens (including phenoxy) is 5. The Morgan fingerprint density at radius 3 is 2.09 bits per heavy atom. The molecular formula is C34H44O13. The van der Waals surface area contributed by atoms with Crippen molar-refractivity contribution in [3.8, 4) is 0 Å². The predicted octanol–water partition coefficient (Wildman–Crippen LogP) is 2.21. The predicted molar refractivity (Wildman–Crippen MR) is 157 cm³/mol. The summed E-state index contributed by atoms with van der Waals surface area (Å²) < 4.78 is 29.5. The fourth-order valence-corrected chi connectivity index (χ4v) is 11.1. The molecule has 5 fully saturated rings. The van der Waals surface area contributed by atoms with Crippen molar-refractivity contribution in [2.24, 2.45) is 57.7 Å². The minimum atomic E-state index is -2.04. The smallest absolute Gasteiger partial charge is 0.343 e. The second-order valence-corrected chi connectivity index (χ2v) is 15.4. The summed E-state index contributed by atoms with van der Waals surface area (Å²) in [5.74, 6) is -9.14. The first-order valence-corrected chi connectivity index (χ1v) is 16.3. The zero-order chi connectivity index (χ0) is 34.8. The third-order valence-corrected chi connectivity index (χ3v) is 13.3. The van der Waals surface area contributed by atoms with Crippen molar-refractivity contribution < 1.29 is 62.7 Å². The summed E-state index contributed by atoms with van der Waals surface area (Å²) in [5.41, 5.74) is -5.91. The normalized spacial score (nSPS) is 50.7. The Bertz CT molecular complexity index is 1470. The van der Waals surface area contributed by atoms with E-state index < -0.39 is 118 Å². The van der Waals surface area contributed by atoms with Crippen LogP contribution in [0.4, 0.5) is 0 Å². The van der Waals surface area contributed by atoms with E-state index in [-0.39, 0.29) is 24.5 Å². The van der Waals surface area contributed by atoms with Gasteiger partial charge in [0.05, 0.1) is 17.4 Å². The van der Waals surface area contributed by atoms with Crippen LogP contribution in [-0.2, 0) is 52.5 Å². The van der Waals surface area contributed by atoms with E-state index >= 15 is 0 Å². The molecule has 3 saturated carbocycles. The molecule has 0 aromatic carbocycles. The maximum Gasteiger partial charge on any atom is 0.343 e. The maximum absolute atomic E-state index is 13.6. The number of allylic oxidation sites excluding steroid dienone is 1. The Hall–Kier alpha value is -3.32. The molecule has 258 valence electrons. The molecule has 4 aliphatic carbocycles. The molecule has 0 aromatic heterocycles. The molecule has 2 saturated heterocycles. The summed E-state index contributed by atoms with van der Waals surface area (Å²) in [4.78, 5) is 77.8. The number of aliphatic carboxylic acids is 1. The first-order valence-electron chi connectivity index (χ1n) is 16.3. The molecular weight excluding hydrogens is 616 g/mol. The summed E-state index contributed by atoms with van der Waals surface area (Å²) in [6.45, 7) is 12.2. The largest absolute Gasteiger partial charge is 0.481 e. The molecule has 2 heterocycles. The number of hydrogen-bond acceptors (Lipinski definition) is 12. The van der Waals surface area contributed by atoms with Crippen LogP contribution < -0.4 is 0 Å². The zero-order valence-electron chi connectivity index (χ0n) is 27.9. The van der Waals surface area contributed by atoms with Gasteiger partial charge in [0.15, 0.2) is 5.60 Å². The van der Waals surface area contributed by atoms with Crippen LogP contribution in [0.15, 0.2) is 11.8 Å². The van der Waals surface area contributed by atoms with Gasteiger partial charge in [-0.2, -0.15) is 0 Å². The zero-order valence-corrected chi connectivity index (χ0v) is 27.9. The number of epoxide rings is 1. The van der Waals surface area contributed by atoms with Crippen LogP contribution in [0.25, 0.3) is 0 Å². The van der Waals surface area contributed by atoms with Crippen LogP contribution >= 0.6 is 0 Å². The maximum atomic E-state index is 13.6. The minimum absolute atomic E-state index is 0.0350. The van der Waals surface area contributed by atoms with Crippen LogP contribution in [0.1, 0.15) is 68.2 Å². The van der Waals surface area contributed by atoms with E-state index in [1.807, 2.05) is 13.8 Å². The van der Waals surface area contributed by atoms with Crippen molar-refractivity contribution in [1.29, 1.82) is 0 Å². The van der Waals surface area contributed by atoms with Gasteiger partial charge < -0.3 is 38.7 Å². The highest BCUT2D eigenvalue weighted by atomic mass is 16.6. The highest BCUT2D eigenvalue weighted by Crippen LogP contribution is 2.74. The monoisotopic (exact) mass is 660 g/mol. The first-order chi connectivity index (χ1) is 21.8. The fraction of sp³-hybridized carbons (Fsp3) is 0.765. The molecule has 47 heavy (non-hydrogen) atoms. The molecule has 13 heteroatoms. The Labute approximate surface area is 272 Å². The van der Waals surface area contributed by atoms with E-state index in [1.54, 1.807) is 19.9 Å². The molecule has 6 aliphatic rings. The third-order valence-electron chi connectivity index (χ3n) is 13.3. The van der Waals surface area contributed by atoms with Gasteiger partial charge in [-0.15, -0.1) is 0 Å². The summed E-state index contributed by atoms with van der Waals surface area (Å²) in [7, 11) is 0. The van der Waals surface area contributed by atoms with E-state index in [2.05, 4.69) is 0 Å². The van der Waals surface area contributed by atoms with E-state index in [0.717, 1.165) is 6.29 Å². The van der Waals surface area contributed by atoms with Gasteiger partial charge in [-0.25, -0.2) is 4.79 Å². The third kappa shape index (κ3) is 4.33. The average Bonchev–Trinajstić information content (AvgIpc) is 3.64. The first kappa shape index (κ1) is 33.6. The molecule has 6 unspecified atom stereocenters. The molecule has 13 nitrogen and oxygen atoms in total. The molecule has 6 rings (SSSR count). The molecule has 0 radical (unpaired) electrons. The van der Waals surface area contributed by atoms with Crippen molar-refractivity contribution in [2.45, 2.75) is 104 Å². The van der Waals surface area contributed by atoms with Gasteiger partial charge in [0.2, 0.25) is 0 Å². The highest BCUT2D eigenvalue weighted by Gasteiger charge is 2.80. The lowest BCUT2D eigenvalue weighted by Crippen LogP contribution is -2.63. The van der Waals surface area contributed by atoms with E-state index in [4.69, 9.17) is 23.7 Å². The van der Waals surface area contributed by atoms with Crippen molar-refractivity contribution in [3.63, 3.8) is 0 Å². The fourth-order valence-electron chi connectivity index (χ4n) is 11.1. The second-order valence-electron chi connectivity index (χ2n) is 15.4. The van der Waals surface area contributed by atoms with Crippen LogP contribution in [0.3, 0.4) is 0 Å². The number of fused-ring (bicyclic) bond motifs is 6. The summed E-state index contributed by atoms with van der Waals surface area (Å²) in [5, 5.41) is 22.3. The number of rotatable bonds is 6. The molecule has 0 bridgehead atoms. The standard InChI is InChI=1S/C34H44O13/c1-13-9-22-33(7,34(8,42)30(41)47-22)25-23(13)32(6)21(43-14(2)36)11-18(17(12-35)24(32)27(25)44-15(3)37)31(5)19(29(39)40)10-20-26(46-20)28(31)45-16(4)38/h9,12-13,17-21,23-28,42H,10-11H2,1-8H3,(H,39,40)/t13-,17?,18?,19?,20+,21+,23?,24?,25?,26+,27-,28+,31-,32-,33+,34-/m1/s1. The van der Waals surface area contributed by atoms with Gasteiger partial charge in [-0.05, 0) is 50.5 Å². The van der Waals surface area contributed by atoms with E-state index in [1.165, 1.54) is 27.7 Å². The molecule has 0 aromatic rings. The molecule has 16 atom stereocenters. The lowest BCUT2D eigenvalue weighted by Gasteiger charge is -2.58. The number of carboxylic acids is 1. The quantitative estimate of drug-likeness (QED) is 0.183. The Morgan fingerprint density at radius 2 is 1.53 bits per heavy atom. The van der Waals surface area contributed by atoms with Gasteiger partial charge in [0, 0.05) is 49.4 Å². The topological polar surface area (TPSA) is 192 Å². The lowest BCUT2D eigenvalue weighted by molar-refractivity contribution is -0.209. The Balaban J connectivity index is 1.59. The molecule has 0 spiro atoms. The van der Waals surface area contributed by atoms with Gasteiger partial charge in [0.25, 0.3) is 0 Å². The number of carboxylic acid groups (broad SMARTS) is 1. The van der Waals surface area contributed by atoms with Gasteiger partial charge >= 0.3 is 29.8 Å². The van der Waals surface area contributed by atoms with Gasteiger partial charge in [-0.1, -0.05) is 20.8 Å². The van der Waals surface area contributed by atoms with E-state index in [0.29, 0.717) is 0 Å². The van der Waals surface area contributed by atoms with Gasteiger partial charge in [0.1, 0.15) is 36.5 Å². The number of hydrogen-bond donors (Lipinski definition) is 2. The van der Waals surface area contributed by atoms with Crippen molar-refractivity contribution in [1.82, 2.24) is 0 Å².